The van der Waals surface area contributed by atoms with Gasteiger partial charge in [-0.15, -0.1) is 0 Å². The maximum Gasteiger partial charge on any atom is 0.128 e. The molecule has 0 saturated carbocycles. The fraction of sp³-hybridized carbons (Fsp3) is 0.636. The van der Waals surface area contributed by atoms with Crippen LogP contribution >= 0.6 is 0 Å². The Bertz CT molecular complexity index is 260. The van der Waals surface area contributed by atoms with Gasteiger partial charge < -0.3 is 5.32 Å². The zero-order chi connectivity index (χ0) is 10.2. The van der Waals surface area contributed by atoms with Crippen LogP contribution in [0.3, 0.4) is 0 Å². The number of hydrogen-bond donors (Lipinski definition) is 1. The molecule has 0 aliphatic carbocycles. The number of rotatable bonds is 6. The van der Waals surface area contributed by atoms with Crippen LogP contribution in [0.4, 0.5) is 0 Å². The highest BCUT2D eigenvalue weighted by Crippen LogP contribution is 1.98. The summed E-state index contributed by atoms with van der Waals surface area (Å²) in [6.45, 7) is 6.21. The van der Waals surface area contributed by atoms with Crippen LogP contribution in [-0.4, -0.2) is 16.5 Å². The molecule has 1 rings (SSSR count). The number of hydrogen-bond acceptors (Lipinski definition) is 3. The molecule has 0 aliphatic heterocycles. The molecule has 1 N–H and O–H groups in total. The fourth-order valence-electron chi connectivity index (χ4n) is 1.28. The van der Waals surface area contributed by atoms with Gasteiger partial charge in [0.15, 0.2) is 0 Å². The average molecular weight is 193 g/mol. The van der Waals surface area contributed by atoms with Crippen molar-refractivity contribution in [2.75, 3.05) is 6.54 Å². The summed E-state index contributed by atoms with van der Waals surface area (Å²) >= 11 is 0. The van der Waals surface area contributed by atoms with E-state index in [0.717, 1.165) is 43.9 Å². The van der Waals surface area contributed by atoms with Crippen LogP contribution in [0.5, 0.6) is 0 Å². The first-order valence-electron chi connectivity index (χ1n) is 5.38. The summed E-state index contributed by atoms with van der Waals surface area (Å²) in [5.74, 6) is 0.961. The first kappa shape index (κ1) is 11.1. The van der Waals surface area contributed by atoms with Crippen LogP contribution < -0.4 is 5.32 Å². The van der Waals surface area contributed by atoms with Crippen LogP contribution in [-0.2, 0) is 13.0 Å². The Kier molecular flexibility index (Phi) is 5.15. The van der Waals surface area contributed by atoms with E-state index in [0.29, 0.717) is 0 Å². The quantitative estimate of drug-likeness (QED) is 0.701. The second kappa shape index (κ2) is 6.49. The van der Waals surface area contributed by atoms with Crippen LogP contribution in [0.2, 0.25) is 0 Å². The Morgan fingerprint density at radius 1 is 1.29 bits per heavy atom. The Morgan fingerprint density at radius 2 is 2.14 bits per heavy atom. The van der Waals surface area contributed by atoms with Gasteiger partial charge in [0.25, 0.3) is 0 Å². The molecule has 1 aromatic heterocycles. The van der Waals surface area contributed by atoms with E-state index >= 15 is 0 Å². The summed E-state index contributed by atoms with van der Waals surface area (Å²) in [5, 5.41) is 3.33. The second-order valence-corrected chi connectivity index (χ2v) is 3.39. The second-order valence-electron chi connectivity index (χ2n) is 3.39. The molecule has 3 nitrogen and oxygen atoms in total. The SMILES string of the molecule is CCCNCc1ccnc(CCC)n1. The van der Waals surface area contributed by atoms with Crippen LogP contribution in [0.1, 0.15) is 38.2 Å². The molecule has 0 bridgehead atoms. The Balaban J connectivity index is 2.46. The zero-order valence-electron chi connectivity index (χ0n) is 9.08. The van der Waals surface area contributed by atoms with E-state index in [1.54, 1.807) is 0 Å². The van der Waals surface area contributed by atoms with Gasteiger partial charge in [-0.2, -0.15) is 0 Å². The maximum atomic E-state index is 4.46. The van der Waals surface area contributed by atoms with Crippen molar-refractivity contribution < 1.29 is 0 Å². The summed E-state index contributed by atoms with van der Waals surface area (Å²) in [6, 6.07) is 1.97. The normalized spacial score (nSPS) is 10.4. The van der Waals surface area contributed by atoms with Gasteiger partial charge in [0.1, 0.15) is 5.82 Å². The van der Waals surface area contributed by atoms with Gasteiger partial charge >= 0.3 is 0 Å². The lowest BCUT2D eigenvalue weighted by Crippen LogP contribution is -2.15. The molecule has 0 saturated heterocycles. The van der Waals surface area contributed by atoms with E-state index in [4.69, 9.17) is 0 Å². The highest BCUT2D eigenvalue weighted by Gasteiger charge is 1.97. The molecule has 0 radical (unpaired) electrons. The third-order valence-electron chi connectivity index (χ3n) is 1.97. The van der Waals surface area contributed by atoms with Crippen LogP contribution in [0.15, 0.2) is 12.3 Å². The molecule has 3 heteroatoms. The number of aryl methyl sites for hydroxylation is 1. The highest BCUT2D eigenvalue weighted by atomic mass is 14.9. The molecule has 1 aromatic rings. The Hall–Kier alpha value is -0.960. The van der Waals surface area contributed by atoms with Crippen LogP contribution in [0, 0.1) is 0 Å². The van der Waals surface area contributed by atoms with Crippen molar-refractivity contribution in [1.82, 2.24) is 15.3 Å². The zero-order valence-corrected chi connectivity index (χ0v) is 9.08. The summed E-state index contributed by atoms with van der Waals surface area (Å²) in [4.78, 5) is 8.68. The third kappa shape index (κ3) is 3.83. The summed E-state index contributed by atoms with van der Waals surface area (Å²) in [6.07, 6.45) is 5.08. The maximum absolute atomic E-state index is 4.46. The molecule has 0 atom stereocenters. The molecular weight excluding hydrogens is 174 g/mol. The van der Waals surface area contributed by atoms with Gasteiger partial charge in [0.2, 0.25) is 0 Å². The fourth-order valence-corrected chi connectivity index (χ4v) is 1.28. The predicted molar refractivity (Wildman–Crippen MR) is 58.0 cm³/mol. The highest BCUT2D eigenvalue weighted by molar-refractivity contribution is 5.02. The van der Waals surface area contributed by atoms with Crippen molar-refractivity contribution in [3.05, 3.63) is 23.8 Å². The number of nitrogens with zero attached hydrogens (tertiary/aromatic N) is 2. The van der Waals surface area contributed by atoms with Crippen molar-refractivity contribution in [3.63, 3.8) is 0 Å². The molecule has 78 valence electrons. The smallest absolute Gasteiger partial charge is 0.128 e. The van der Waals surface area contributed by atoms with Crippen molar-refractivity contribution in [2.24, 2.45) is 0 Å². The summed E-state index contributed by atoms with van der Waals surface area (Å²) in [7, 11) is 0. The minimum Gasteiger partial charge on any atom is -0.311 e. The average Bonchev–Trinajstić information content (AvgIpc) is 2.19. The van der Waals surface area contributed by atoms with E-state index in [-0.39, 0.29) is 0 Å². The molecular formula is C11H19N3. The minimum absolute atomic E-state index is 0.854. The van der Waals surface area contributed by atoms with Gasteiger partial charge in [-0.1, -0.05) is 13.8 Å². The lowest BCUT2D eigenvalue weighted by Gasteiger charge is -2.03. The van der Waals surface area contributed by atoms with E-state index in [1.165, 1.54) is 0 Å². The lowest BCUT2D eigenvalue weighted by atomic mass is 10.3. The van der Waals surface area contributed by atoms with E-state index < -0.39 is 0 Å². The molecule has 0 aliphatic rings. The monoisotopic (exact) mass is 193 g/mol. The topological polar surface area (TPSA) is 37.8 Å². The van der Waals surface area contributed by atoms with E-state index in [9.17, 15) is 0 Å². The molecule has 0 aromatic carbocycles. The Morgan fingerprint density at radius 3 is 2.86 bits per heavy atom. The Labute approximate surface area is 86.0 Å². The molecule has 1 heterocycles. The molecule has 0 spiro atoms. The van der Waals surface area contributed by atoms with Crippen molar-refractivity contribution >= 4 is 0 Å². The molecule has 0 fully saturated rings. The van der Waals surface area contributed by atoms with Gasteiger partial charge in [-0.05, 0) is 25.5 Å². The largest absolute Gasteiger partial charge is 0.311 e. The summed E-state index contributed by atoms with van der Waals surface area (Å²) in [5.41, 5.74) is 1.09. The third-order valence-corrected chi connectivity index (χ3v) is 1.97. The number of nitrogens with one attached hydrogen (secondary N) is 1. The molecule has 0 amide bonds. The van der Waals surface area contributed by atoms with E-state index in [1.807, 2.05) is 12.3 Å². The number of aromatic nitrogens is 2. The van der Waals surface area contributed by atoms with Crippen molar-refractivity contribution in [3.8, 4) is 0 Å². The van der Waals surface area contributed by atoms with E-state index in [2.05, 4.69) is 29.1 Å². The minimum atomic E-state index is 0.854. The standard InChI is InChI=1S/C11H19N3/c1-3-5-11-13-8-6-10(14-11)9-12-7-4-2/h6,8,12H,3-5,7,9H2,1-2H3. The predicted octanol–water partition coefficient (Wildman–Crippen LogP) is 1.93. The first-order chi connectivity index (χ1) is 6.86. The van der Waals surface area contributed by atoms with Crippen LogP contribution in [0.25, 0.3) is 0 Å². The molecule has 14 heavy (non-hydrogen) atoms. The van der Waals surface area contributed by atoms with Gasteiger partial charge in [0, 0.05) is 19.2 Å². The van der Waals surface area contributed by atoms with Gasteiger partial charge in [-0.3, -0.25) is 0 Å². The van der Waals surface area contributed by atoms with Crippen molar-refractivity contribution in [1.29, 1.82) is 0 Å². The first-order valence-corrected chi connectivity index (χ1v) is 5.38. The lowest BCUT2D eigenvalue weighted by molar-refractivity contribution is 0.657. The van der Waals surface area contributed by atoms with Gasteiger partial charge in [0.05, 0.1) is 5.69 Å². The van der Waals surface area contributed by atoms with Gasteiger partial charge in [-0.25, -0.2) is 9.97 Å². The van der Waals surface area contributed by atoms with Crippen molar-refractivity contribution in [2.45, 2.75) is 39.7 Å². The molecule has 0 unspecified atom stereocenters. The summed E-state index contributed by atoms with van der Waals surface area (Å²) < 4.78 is 0.